The topological polar surface area (TPSA) is 41.3 Å². The molecule has 14 heavy (non-hydrogen) atoms. The smallest absolute Gasteiger partial charge is 0.137 e. The Morgan fingerprint density at radius 2 is 1.86 bits per heavy atom. The van der Waals surface area contributed by atoms with E-state index < -0.39 is 0 Å². The third kappa shape index (κ3) is 3.77. The number of quaternary nitrogens is 2. The maximum absolute atomic E-state index is 5.58. The van der Waals surface area contributed by atoms with Crippen LogP contribution < -0.4 is 15.4 Å². The van der Waals surface area contributed by atoms with Crippen LogP contribution in [0.25, 0.3) is 0 Å². The van der Waals surface area contributed by atoms with Gasteiger partial charge >= 0.3 is 0 Å². The third-order valence-corrected chi connectivity index (χ3v) is 2.08. The predicted octanol–water partition coefficient (Wildman–Crippen LogP) is -1.05. The van der Waals surface area contributed by atoms with Crippen LogP contribution in [-0.4, -0.2) is 27.2 Å². The Hall–Kier alpha value is -1.06. The average Bonchev–Trinajstić information content (AvgIpc) is 2.18. The van der Waals surface area contributed by atoms with E-state index in [1.807, 2.05) is 12.1 Å². The number of nitrogens with one attached hydrogen (secondary N) is 1. The van der Waals surface area contributed by atoms with E-state index in [-0.39, 0.29) is 0 Å². The average molecular weight is 196 g/mol. The van der Waals surface area contributed by atoms with Crippen LogP contribution in [0.15, 0.2) is 24.3 Å². The summed E-state index contributed by atoms with van der Waals surface area (Å²) in [6.07, 6.45) is 0. The Balaban J connectivity index is 2.36. The first-order chi connectivity index (χ1) is 6.72. The summed E-state index contributed by atoms with van der Waals surface area (Å²) in [5, 5.41) is 0. The van der Waals surface area contributed by atoms with Crippen molar-refractivity contribution in [2.24, 2.45) is 0 Å². The highest BCUT2D eigenvalue weighted by molar-refractivity contribution is 5.26. The maximum atomic E-state index is 5.58. The minimum absolute atomic E-state index is 0.770. The summed E-state index contributed by atoms with van der Waals surface area (Å²) in [4.78, 5) is 1.40. The first-order valence-electron chi connectivity index (χ1n) is 5.02. The van der Waals surface area contributed by atoms with Gasteiger partial charge in [-0.25, -0.2) is 0 Å². The zero-order valence-corrected chi connectivity index (χ0v) is 9.05. The molecule has 0 heterocycles. The highest BCUT2D eigenvalue weighted by Crippen LogP contribution is 2.10. The van der Waals surface area contributed by atoms with Gasteiger partial charge in [0.1, 0.15) is 18.9 Å². The highest BCUT2D eigenvalue weighted by atomic mass is 16.5. The highest BCUT2D eigenvalue weighted by Gasteiger charge is 1.97. The van der Waals surface area contributed by atoms with Crippen molar-refractivity contribution in [3.05, 3.63) is 29.8 Å². The molecule has 0 radical (unpaired) electrons. The van der Waals surface area contributed by atoms with Gasteiger partial charge < -0.3 is 15.4 Å². The molecule has 78 valence electrons. The number of hydrogen-bond acceptors (Lipinski definition) is 1. The Labute approximate surface area is 85.5 Å². The number of benzene rings is 1. The zero-order chi connectivity index (χ0) is 10.4. The van der Waals surface area contributed by atoms with Gasteiger partial charge in [-0.05, 0) is 24.3 Å². The minimum Gasteiger partial charge on any atom is -0.488 e. The lowest BCUT2D eigenvalue weighted by Crippen LogP contribution is -3.06. The van der Waals surface area contributed by atoms with E-state index in [4.69, 9.17) is 4.74 Å². The minimum atomic E-state index is 0.770. The van der Waals surface area contributed by atoms with Gasteiger partial charge in [0.2, 0.25) is 0 Å². The standard InChI is InChI=1S/C11H18N2O/c1-13(2)7-8-14-11-5-3-10(9-12)4-6-11/h3-6H,7-9,12H2,1-2H3/p+2. The normalized spacial score (nSPS) is 10.6. The molecule has 0 atom stereocenters. The maximum Gasteiger partial charge on any atom is 0.137 e. The Morgan fingerprint density at radius 1 is 1.21 bits per heavy atom. The monoisotopic (exact) mass is 196 g/mol. The van der Waals surface area contributed by atoms with Crippen LogP contribution >= 0.6 is 0 Å². The molecule has 1 aromatic carbocycles. The summed E-state index contributed by atoms with van der Waals surface area (Å²) < 4.78 is 5.58. The van der Waals surface area contributed by atoms with E-state index in [2.05, 4.69) is 32.0 Å². The van der Waals surface area contributed by atoms with E-state index >= 15 is 0 Å². The molecule has 0 spiro atoms. The molecule has 3 heteroatoms. The first-order valence-corrected chi connectivity index (χ1v) is 5.02. The van der Waals surface area contributed by atoms with Gasteiger partial charge in [0.05, 0.1) is 20.6 Å². The van der Waals surface area contributed by atoms with Crippen LogP contribution in [0.1, 0.15) is 5.56 Å². The van der Waals surface area contributed by atoms with E-state index in [0.717, 1.165) is 25.4 Å². The molecular formula is C11H20N2O+2. The number of rotatable bonds is 5. The fraction of sp³-hybridized carbons (Fsp3) is 0.455. The molecule has 0 saturated heterocycles. The van der Waals surface area contributed by atoms with Gasteiger partial charge in [0.25, 0.3) is 0 Å². The van der Waals surface area contributed by atoms with Crippen molar-refractivity contribution < 1.29 is 15.4 Å². The van der Waals surface area contributed by atoms with Crippen molar-refractivity contribution in [2.45, 2.75) is 6.54 Å². The molecule has 0 amide bonds. The van der Waals surface area contributed by atoms with Crippen molar-refractivity contribution in [1.29, 1.82) is 0 Å². The second-order valence-corrected chi connectivity index (χ2v) is 3.70. The summed E-state index contributed by atoms with van der Waals surface area (Å²) in [7, 11) is 4.24. The molecule has 0 aliphatic carbocycles. The third-order valence-electron chi connectivity index (χ3n) is 2.08. The van der Waals surface area contributed by atoms with Crippen molar-refractivity contribution in [1.82, 2.24) is 0 Å². The molecule has 0 aliphatic heterocycles. The van der Waals surface area contributed by atoms with Gasteiger partial charge in [-0.2, -0.15) is 0 Å². The number of likely N-dealkylation sites (N-methyl/N-ethyl adjacent to an activating group) is 1. The molecule has 0 fully saturated rings. The number of ether oxygens (including phenoxy) is 1. The van der Waals surface area contributed by atoms with Gasteiger partial charge in [0.15, 0.2) is 0 Å². The van der Waals surface area contributed by atoms with Gasteiger partial charge in [0, 0.05) is 5.56 Å². The van der Waals surface area contributed by atoms with E-state index in [1.165, 1.54) is 10.5 Å². The summed E-state index contributed by atoms with van der Waals surface area (Å²) in [6.45, 7) is 2.63. The lowest BCUT2D eigenvalue weighted by Gasteiger charge is -2.09. The largest absolute Gasteiger partial charge is 0.488 e. The second kappa shape index (κ2) is 5.62. The molecule has 0 bridgehead atoms. The lowest BCUT2D eigenvalue weighted by molar-refractivity contribution is -0.858. The number of hydrogen-bond donors (Lipinski definition) is 2. The quantitative estimate of drug-likeness (QED) is 0.620. The molecule has 0 aliphatic rings. The van der Waals surface area contributed by atoms with Crippen LogP contribution in [0, 0.1) is 0 Å². The Morgan fingerprint density at radius 3 is 2.36 bits per heavy atom. The summed E-state index contributed by atoms with van der Waals surface area (Å²) in [5.74, 6) is 0.948. The van der Waals surface area contributed by atoms with E-state index in [9.17, 15) is 0 Å². The van der Waals surface area contributed by atoms with Crippen molar-refractivity contribution in [2.75, 3.05) is 27.2 Å². The fourth-order valence-corrected chi connectivity index (χ4v) is 1.13. The molecule has 3 nitrogen and oxygen atoms in total. The predicted molar refractivity (Wildman–Crippen MR) is 56.2 cm³/mol. The fourth-order valence-electron chi connectivity index (χ4n) is 1.13. The van der Waals surface area contributed by atoms with E-state index in [1.54, 1.807) is 0 Å². The molecule has 0 saturated carbocycles. The van der Waals surface area contributed by atoms with Crippen molar-refractivity contribution in [3.63, 3.8) is 0 Å². The van der Waals surface area contributed by atoms with Gasteiger partial charge in [-0.15, -0.1) is 0 Å². The Kier molecular flexibility index (Phi) is 4.43. The van der Waals surface area contributed by atoms with Crippen LogP contribution in [0.5, 0.6) is 5.75 Å². The summed E-state index contributed by atoms with van der Waals surface area (Å²) in [6, 6.07) is 8.13. The molecule has 0 unspecified atom stereocenters. The van der Waals surface area contributed by atoms with Gasteiger partial charge in [-0.3, -0.25) is 0 Å². The Bertz CT molecular complexity index is 256. The summed E-state index contributed by atoms with van der Waals surface area (Å²) in [5.41, 5.74) is 5.07. The molecule has 1 rings (SSSR count). The van der Waals surface area contributed by atoms with E-state index in [0.29, 0.717) is 0 Å². The molecule has 1 aromatic rings. The molecule has 4 N–H and O–H groups in total. The SMILES string of the molecule is C[NH+](C)CCOc1ccc(C[NH3+])cc1. The first kappa shape index (κ1) is 11.0. The lowest BCUT2D eigenvalue weighted by atomic mass is 10.2. The van der Waals surface area contributed by atoms with Crippen LogP contribution in [0.3, 0.4) is 0 Å². The second-order valence-electron chi connectivity index (χ2n) is 3.70. The van der Waals surface area contributed by atoms with Crippen molar-refractivity contribution >= 4 is 0 Å². The van der Waals surface area contributed by atoms with Gasteiger partial charge in [-0.1, -0.05) is 0 Å². The zero-order valence-electron chi connectivity index (χ0n) is 9.05. The molecular weight excluding hydrogens is 176 g/mol. The van der Waals surface area contributed by atoms with Crippen molar-refractivity contribution in [3.8, 4) is 5.75 Å². The van der Waals surface area contributed by atoms with Crippen LogP contribution in [0.4, 0.5) is 0 Å². The molecule has 0 aromatic heterocycles. The summed E-state index contributed by atoms with van der Waals surface area (Å²) >= 11 is 0. The van der Waals surface area contributed by atoms with Crippen LogP contribution in [0.2, 0.25) is 0 Å². The van der Waals surface area contributed by atoms with Crippen LogP contribution in [-0.2, 0) is 6.54 Å².